The molecule has 23 heavy (non-hydrogen) atoms. The van der Waals surface area contributed by atoms with Gasteiger partial charge in [-0.25, -0.2) is 4.79 Å². The molecule has 5 nitrogen and oxygen atoms in total. The normalized spacial score (nSPS) is 18.0. The molecule has 126 valence electrons. The Bertz CT molecular complexity index is 614. The Kier molecular flexibility index (Phi) is 5.73. The van der Waals surface area contributed by atoms with Gasteiger partial charge in [-0.2, -0.15) is 0 Å². The van der Waals surface area contributed by atoms with Crippen LogP contribution in [0.25, 0.3) is 0 Å². The first-order valence-corrected chi connectivity index (χ1v) is 9.01. The van der Waals surface area contributed by atoms with Gasteiger partial charge in [0.1, 0.15) is 11.6 Å². The lowest BCUT2D eigenvalue weighted by molar-refractivity contribution is -0.120. The summed E-state index contributed by atoms with van der Waals surface area (Å²) in [7, 11) is 0. The highest BCUT2D eigenvalue weighted by Crippen LogP contribution is 2.28. The van der Waals surface area contributed by atoms with E-state index in [4.69, 9.17) is 4.74 Å². The molecule has 1 unspecified atom stereocenters. The molecule has 0 radical (unpaired) electrons. The summed E-state index contributed by atoms with van der Waals surface area (Å²) in [6.45, 7) is 5.98. The molecule has 1 aromatic carbocycles. The van der Waals surface area contributed by atoms with Crippen LogP contribution in [0.3, 0.4) is 0 Å². The number of nitrogens with zero attached hydrogens (tertiary/aromatic N) is 1. The Hall–Kier alpha value is -1.08. The minimum absolute atomic E-state index is 0.202. The fourth-order valence-electron chi connectivity index (χ4n) is 2.39. The van der Waals surface area contributed by atoms with Crippen molar-refractivity contribution in [2.75, 3.05) is 11.9 Å². The van der Waals surface area contributed by atoms with Crippen LogP contribution in [0, 0.1) is 0 Å². The van der Waals surface area contributed by atoms with E-state index in [1.165, 1.54) is 4.90 Å². The number of rotatable bonds is 2. The van der Waals surface area contributed by atoms with Gasteiger partial charge in [0.25, 0.3) is 0 Å². The summed E-state index contributed by atoms with van der Waals surface area (Å²) < 4.78 is 7.04. The van der Waals surface area contributed by atoms with Crippen molar-refractivity contribution in [2.45, 2.75) is 45.3 Å². The van der Waals surface area contributed by atoms with Gasteiger partial charge in [0.15, 0.2) is 0 Å². The lowest BCUT2D eigenvalue weighted by atomic mass is 10.2. The SMILES string of the molecule is CC(C)(C)OC(=O)N1CCCC1C(=O)Nc1cc(Br)ccc1Br. The molecule has 2 rings (SSSR count). The predicted molar refractivity (Wildman–Crippen MR) is 96.4 cm³/mol. The van der Waals surface area contributed by atoms with Crippen LogP contribution in [-0.4, -0.2) is 35.1 Å². The molecule has 1 N–H and O–H groups in total. The topological polar surface area (TPSA) is 58.6 Å². The molecule has 0 aromatic heterocycles. The number of carbonyl (C=O) groups is 2. The van der Waals surface area contributed by atoms with Crippen LogP contribution in [0.15, 0.2) is 27.1 Å². The molecule has 1 aromatic rings. The fraction of sp³-hybridized carbons (Fsp3) is 0.500. The highest BCUT2D eigenvalue weighted by Gasteiger charge is 2.36. The first-order chi connectivity index (χ1) is 10.7. The van der Waals surface area contributed by atoms with Gasteiger partial charge in [0.2, 0.25) is 5.91 Å². The molecular weight excluding hydrogens is 428 g/mol. The largest absolute Gasteiger partial charge is 0.444 e. The number of hydrogen-bond acceptors (Lipinski definition) is 3. The maximum Gasteiger partial charge on any atom is 0.410 e. The van der Waals surface area contributed by atoms with Crippen LogP contribution in [0.1, 0.15) is 33.6 Å². The van der Waals surface area contributed by atoms with Gasteiger partial charge in [-0.1, -0.05) is 15.9 Å². The number of amides is 2. The van der Waals surface area contributed by atoms with E-state index >= 15 is 0 Å². The van der Waals surface area contributed by atoms with Crippen molar-refractivity contribution in [1.29, 1.82) is 0 Å². The molecule has 1 fully saturated rings. The van der Waals surface area contributed by atoms with Gasteiger partial charge in [-0.3, -0.25) is 9.69 Å². The van der Waals surface area contributed by atoms with Crippen molar-refractivity contribution in [3.8, 4) is 0 Å². The third-order valence-corrected chi connectivity index (χ3v) is 4.55. The number of carbonyl (C=O) groups excluding carboxylic acids is 2. The molecule has 0 aliphatic carbocycles. The van der Waals surface area contributed by atoms with Gasteiger partial charge in [-0.05, 0) is 67.7 Å². The summed E-state index contributed by atoms with van der Waals surface area (Å²) in [5.41, 5.74) is 0.0917. The molecular formula is C16H20Br2N2O3. The number of nitrogens with one attached hydrogen (secondary N) is 1. The number of anilines is 1. The van der Waals surface area contributed by atoms with Crippen molar-refractivity contribution in [3.63, 3.8) is 0 Å². The average molecular weight is 448 g/mol. The minimum Gasteiger partial charge on any atom is -0.444 e. The third kappa shape index (κ3) is 4.94. The van der Waals surface area contributed by atoms with Gasteiger partial charge >= 0.3 is 6.09 Å². The number of hydrogen-bond donors (Lipinski definition) is 1. The van der Waals surface area contributed by atoms with Crippen LogP contribution in [0.2, 0.25) is 0 Å². The van der Waals surface area contributed by atoms with Gasteiger partial charge in [0, 0.05) is 15.5 Å². The van der Waals surface area contributed by atoms with Crippen LogP contribution < -0.4 is 5.32 Å². The molecule has 0 bridgehead atoms. The molecule has 1 aliphatic rings. The first kappa shape index (κ1) is 18.3. The summed E-state index contributed by atoms with van der Waals surface area (Å²) in [5.74, 6) is -0.202. The Labute approximate surface area is 153 Å². The van der Waals surface area contributed by atoms with E-state index in [1.54, 1.807) is 0 Å². The molecule has 7 heteroatoms. The number of likely N-dealkylation sites (tertiary alicyclic amines) is 1. The quantitative estimate of drug-likeness (QED) is 0.723. The zero-order chi connectivity index (χ0) is 17.2. The van der Waals surface area contributed by atoms with Crippen molar-refractivity contribution >= 4 is 49.5 Å². The van der Waals surface area contributed by atoms with Crippen molar-refractivity contribution < 1.29 is 14.3 Å². The fourth-order valence-corrected chi connectivity index (χ4v) is 3.09. The number of halogens is 2. The van der Waals surface area contributed by atoms with Crippen LogP contribution >= 0.6 is 31.9 Å². The second kappa shape index (κ2) is 7.21. The monoisotopic (exact) mass is 446 g/mol. The molecule has 0 spiro atoms. The highest BCUT2D eigenvalue weighted by atomic mass is 79.9. The first-order valence-electron chi connectivity index (χ1n) is 7.43. The summed E-state index contributed by atoms with van der Waals surface area (Å²) in [5, 5.41) is 2.88. The summed E-state index contributed by atoms with van der Waals surface area (Å²) in [6, 6.07) is 5.03. The Balaban J connectivity index is 2.08. The van der Waals surface area contributed by atoms with E-state index in [0.717, 1.165) is 15.4 Å². The predicted octanol–water partition coefficient (Wildman–Crippen LogP) is 4.55. The van der Waals surface area contributed by atoms with E-state index in [0.29, 0.717) is 18.7 Å². The van der Waals surface area contributed by atoms with Gasteiger partial charge in [-0.15, -0.1) is 0 Å². The molecule has 2 amide bonds. The van der Waals surface area contributed by atoms with Gasteiger partial charge < -0.3 is 10.1 Å². The van der Waals surface area contributed by atoms with E-state index in [9.17, 15) is 9.59 Å². The van der Waals surface area contributed by atoms with Crippen molar-refractivity contribution in [2.24, 2.45) is 0 Å². The maximum atomic E-state index is 12.6. The maximum absolute atomic E-state index is 12.6. The van der Waals surface area contributed by atoms with Gasteiger partial charge in [0.05, 0.1) is 5.69 Å². The second-order valence-electron chi connectivity index (χ2n) is 6.45. The molecule has 1 atom stereocenters. The Morgan fingerprint density at radius 2 is 2.00 bits per heavy atom. The molecule has 0 saturated carbocycles. The van der Waals surface area contributed by atoms with E-state index in [1.807, 2.05) is 39.0 Å². The van der Waals surface area contributed by atoms with E-state index in [-0.39, 0.29) is 5.91 Å². The van der Waals surface area contributed by atoms with Crippen LogP contribution in [-0.2, 0) is 9.53 Å². The summed E-state index contributed by atoms with van der Waals surface area (Å²) >= 11 is 6.79. The lowest BCUT2D eigenvalue weighted by Gasteiger charge is -2.28. The molecule has 1 aliphatic heterocycles. The molecule has 1 saturated heterocycles. The zero-order valence-corrected chi connectivity index (χ0v) is 16.5. The second-order valence-corrected chi connectivity index (χ2v) is 8.22. The Morgan fingerprint density at radius 1 is 1.30 bits per heavy atom. The third-order valence-electron chi connectivity index (χ3n) is 3.37. The molecule has 1 heterocycles. The van der Waals surface area contributed by atoms with Crippen LogP contribution in [0.5, 0.6) is 0 Å². The highest BCUT2D eigenvalue weighted by molar-refractivity contribution is 9.11. The number of ether oxygens (including phenoxy) is 1. The Morgan fingerprint density at radius 3 is 2.65 bits per heavy atom. The number of benzene rings is 1. The summed E-state index contributed by atoms with van der Waals surface area (Å²) in [4.78, 5) is 26.3. The average Bonchev–Trinajstić information content (AvgIpc) is 2.90. The van der Waals surface area contributed by atoms with Crippen LogP contribution in [0.4, 0.5) is 10.5 Å². The zero-order valence-electron chi connectivity index (χ0n) is 13.4. The van der Waals surface area contributed by atoms with Crippen molar-refractivity contribution in [3.05, 3.63) is 27.1 Å². The van der Waals surface area contributed by atoms with E-state index in [2.05, 4.69) is 37.2 Å². The van der Waals surface area contributed by atoms with E-state index < -0.39 is 17.7 Å². The standard InChI is InChI=1S/C16H20Br2N2O3/c1-16(2,3)23-15(22)20-8-4-5-13(20)14(21)19-12-9-10(17)6-7-11(12)18/h6-7,9,13H,4-5,8H2,1-3H3,(H,19,21). The minimum atomic E-state index is -0.575. The summed E-state index contributed by atoms with van der Waals surface area (Å²) in [6.07, 6.45) is 0.983. The lowest BCUT2D eigenvalue weighted by Crippen LogP contribution is -2.45. The van der Waals surface area contributed by atoms with Crippen molar-refractivity contribution in [1.82, 2.24) is 4.90 Å². The smallest absolute Gasteiger partial charge is 0.410 e.